The molecule has 0 aliphatic carbocycles. The van der Waals surface area contributed by atoms with Crippen LogP contribution in [0.2, 0.25) is 0 Å². The third-order valence-corrected chi connectivity index (χ3v) is 2.32. The summed E-state index contributed by atoms with van der Waals surface area (Å²) in [6.07, 6.45) is 2.85. The highest BCUT2D eigenvalue weighted by molar-refractivity contribution is 4.83. The Bertz CT molecular complexity index is 260. The summed E-state index contributed by atoms with van der Waals surface area (Å²) >= 11 is 0. The number of nitrogens with one attached hydrogen (secondary N) is 1. The average Bonchev–Trinajstić information content (AvgIpc) is 2.62. The quantitative estimate of drug-likeness (QED) is 0.749. The molecule has 14 heavy (non-hydrogen) atoms. The summed E-state index contributed by atoms with van der Waals surface area (Å²) in [5.41, 5.74) is 0. The first-order chi connectivity index (χ1) is 6.76. The number of aromatic nitrogens is 2. The predicted octanol–water partition coefficient (Wildman–Crippen LogP) is 1.42. The van der Waals surface area contributed by atoms with Crippen molar-refractivity contribution in [1.82, 2.24) is 15.5 Å². The highest BCUT2D eigenvalue weighted by Crippen LogP contribution is 2.10. The Morgan fingerprint density at radius 3 is 2.71 bits per heavy atom. The summed E-state index contributed by atoms with van der Waals surface area (Å²) in [5.74, 6) is 2.12. The van der Waals surface area contributed by atoms with E-state index in [1.807, 2.05) is 7.05 Å². The molecule has 4 nitrogen and oxygen atoms in total. The molecule has 1 atom stereocenters. The van der Waals surface area contributed by atoms with Crippen LogP contribution in [0.25, 0.3) is 0 Å². The van der Waals surface area contributed by atoms with Gasteiger partial charge in [0, 0.05) is 19.4 Å². The molecule has 0 aliphatic heterocycles. The lowest BCUT2D eigenvalue weighted by atomic mass is 10.1. The molecule has 0 aromatic carbocycles. The van der Waals surface area contributed by atoms with Crippen molar-refractivity contribution >= 4 is 0 Å². The van der Waals surface area contributed by atoms with E-state index in [-0.39, 0.29) is 0 Å². The number of nitrogens with zero attached hydrogens (tertiary/aromatic N) is 2. The van der Waals surface area contributed by atoms with Gasteiger partial charge in [-0.1, -0.05) is 20.3 Å². The van der Waals surface area contributed by atoms with E-state index in [0.717, 1.165) is 37.6 Å². The maximum absolute atomic E-state index is 5.50. The van der Waals surface area contributed by atoms with E-state index < -0.39 is 0 Å². The molecule has 4 heteroatoms. The summed E-state index contributed by atoms with van der Waals surface area (Å²) in [7, 11) is 1.91. The van der Waals surface area contributed by atoms with Gasteiger partial charge in [-0.3, -0.25) is 0 Å². The van der Waals surface area contributed by atoms with Crippen LogP contribution in [0.4, 0.5) is 0 Å². The fraction of sp³-hybridized carbons (Fsp3) is 0.800. The van der Waals surface area contributed by atoms with E-state index in [1.165, 1.54) is 0 Å². The largest absolute Gasteiger partial charge is 0.425 e. The molecular weight excluding hydrogens is 178 g/mol. The summed E-state index contributed by atoms with van der Waals surface area (Å²) in [6.45, 7) is 5.24. The van der Waals surface area contributed by atoms with Gasteiger partial charge in [0.05, 0.1) is 0 Å². The van der Waals surface area contributed by atoms with Crippen molar-refractivity contribution < 1.29 is 4.42 Å². The Kier molecular flexibility index (Phi) is 4.59. The van der Waals surface area contributed by atoms with Crippen LogP contribution in [0, 0.1) is 5.92 Å². The van der Waals surface area contributed by atoms with Crippen LogP contribution in [0.3, 0.4) is 0 Å². The first kappa shape index (κ1) is 11.2. The average molecular weight is 197 g/mol. The highest BCUT2D eigenvalue weighted by atomic mass is 16.4. The zero-order valence-electron chi connectivity index (χ0n) is 9.21. The molecule has 0 amide bonds. The molecule has 0 spiro atoms. The van der Waals surface area contributed by atoms with Crippen LogP contribution < -0.4 is 5.32 Å². The van der Waals surface area contributed by atoms with Gasteiger partial charge in [-0.2, -0.15) is 0 Å². The zero-order chi connectivity index (χ0) is 10.4. The van der Waals surface area contributed by atoms with Gasteiger partial charge < -0.3 is 9.73 Å². The summed E-state index contributed by atoms with van der Waals surface area (Å²) < 4.78 is 5.50. The van der Waals surface area contributed by atoms with Crippen molar-refractivity contribution in [3.8, 4) is 0 Å². The summed E-state index contributed by atoms with van der Waals surface area (Å²) in [5, 5.41) is 11.0. The van der Waals surface area contributed by atoms with Crippen LogP contribution in [0.15, 0.2) is 4.42 Å². The molecule has 0 radical (unpaired) electrons. The minimum Gasteiger partial charge on any atom is -0.425 e. The van der Waals surface area contributed by atoms with Crippen LogP contribution in [0.5, 0.6) is 0 Å². The second-order valence-electron chi connectivity index (χ2n) is 3.66. The van der Waals surface area contributed by atoms with Gasteiger partial charge in [0.2, 0.25) is 11.8 Å². The summed E-state index contributed by atoms with van der Waals surface area (Å²) in [6, 6.07) is 0. The Labute approximate surface area is 85.1 Å². The SMILES string of the molecule is CCC(C)Cc1nnc(CCNC)o1. The topological polar surface area (TPSA) is 51.0 Å². The molecule has 1 heterocycles. The monoisotopic (exact) mass is 197 g/mol. The normalized spacial score (nSPS) is 13.1. The molecule has 1 rings (SSSR count). The van der Waals surface area contributed by atoms with Crippen LogP contribution in [-0.4, -0.2) is 23.8 Å². The van der Waals surface area contributed by atoms with Gasteiger partial charge in [-0.15, -0.1) is 10.2 Å². The lowest BCUT2D eigenvalue weighted by molar-refractivity contribution is 0.410. The fourth-order valence-electron chi connectivity index (χ4n) is 1.15. The van der Waals surface area contributed by atoms with E-state index in [2.05, 4.69) is 29.4 Å². The second-order valence-corrected chi connectivity index (χ2v) is 3.66. The van der Waals surface area contributed by atoms with E-state index in [1.54, 1.807) is 0 Å². The maximum Gasteiger partial charge on any atom is 0.217 e. The molecule has 80 valence electrons. The van der Waals surface area contributed by atoms with Gasteiger partial charge in [0.15, 0.2) is 0 Å². The second kappa shape index (κ2) is 5.75. The molecular formula is C10H19N3O. The number of rotatable bonds is 6. The third-order valence-electron chi connectivity index (χ3n) is 2.32. The molecule has 1 unspecified atom stereocenters. The van der Waals surface area contributed by atoms with Crippen LogP contribution in [-0.2, 0) is 12.8 Å². The van der Waals surface area contributed by atoms with Crippen molar-refractivity contribution in [2.24, 2.45) is 5.92 Å². The minimum absolute atomic E-state index is 0.618. The van der Waals surface area contributed by atoms with Crippen molar-refractivity contribution in [3.63, 3.8) is 0 Å². The van der Waals surface area contributed by atoms with Gasteiger partial charge in [-0.05, 0) is 13.0 Å². The fourth-order valence-corrected chi connectivity index (χ4v) is 1.15. The Hall–Kier alpha value is -0.900. The standard InChI is InChI=1S/C10H19N3O/c1-4-8(2)7-10-13-12-9(14-10)5-6-11-3/h8,11H,4-7H2,1-3H3. The number of hydrogen-bond acceptors (Lipinski definition) is 4. The Morgan fingerprint density at radius 1 is 1.36 bits per heavy atom. The van der Waals surface area contributed by atoms with Crippen molar-refractivity contribution in [2.75, 3.05) is 13.6 Å². The number of likely N-dealkylation sites (N-methyl/N-ethyl adjacent to an activating group) is 1. The minimum atomic E-state index is 0.618. The highest BCUT2D eigenvalue weighted by Gasteiger charge is 2.08. The number of hydrogen-bond donors (Lipinski definition) is 1. The molecule has 0 saturated heterocycles. The lowest BCUT2D eigenvalue weighted by Gasteiger charge is -2.02. The van der Waals surface area contributed by atoms with Gasteiger partial charge in [-0.25, -0.2) is 0 Å². The molecule has 1 aromatic rings. The third kappa shape index (κ3) is 3.46. The molecule has 1 aromatic heterocycles. The zero-order valence-corrected chi connectivity index (χ0v) is 9.21. The molecule has 1 N–H and O–H groups in total. The summed E-state index contributed by atoms with van der Waals surface area (Å²) in [4.78, 5) is 0. The molecule has 0 saturated carbocycles. The van der Waals surface area contributed by atoms with Crippen LogP contribution >= 0.6 is 0 Å². The molecule has 0 bridgehead atoms. The maximum atomic E-state index is 5.50. The van der Waals surface area contributed by atoms with Crippen molar-refractivity contribution in [2.45, 2.75) is 33.1 Å². The lowest BCUT2D eigenvalue weighted by Crippen LogP contribution is -2.10. The van der Waals surface area contributed by atoms with E-state index in [0.29, 0.717) is 5.92 Å². The first-order valence-electron chi connectivity index (χ1n) is 5.22. The van der Waals surface area contributed by atoms with Gasteiger partial charge in [0.1, 0.15) is 0 Å². The predicted molar refractivity (Wildman–Crippen MR) is 55.1 cm³/mol. The van der Waals surface area contributed by atoms with E-state index in [9.17, 15) is 0 Å². The molecule has 0 aliphatic rings. The van der Waals surface area contributed by atoms with E-state index >= 15 is 0 Å². The van der Waals surface area contributed by atoms with Crippen molar-refractivity contribution in [3.05, 3.63) is 11.8 Å². The van der Waals surface area contributed by atoms with Gasteiger partial charge in [0.25, 0.3) is 0 Å². The first-order valence-corrected chi connectivity index (χ1v) is 5.22. The van der Waals surface area contributed by atoms with Crippen molar-refractivity contribution in [1.29, 1.82) is 0 Å². The van der Waals surface area contributed by atoms with Crippen LogP contribution in [0.1, 0.15) is 32.0 Å². The molecule has 0 fully saturated rings. The Balaban J connectivity index is 2.42. The van der Waals surface area contributed by atoms with E-state index in [4.69, 9.17) is 4.42 Å². The smallest absolute Gasteiger partial charge is 0.217 e. The van der Waals surface area contributed by atoms with Gasteiger partial charge >= 0.3 is 0 Å². The Morgan fingerprint density at radius 2 is 2.07 bits per heavy atom.